The Labute approximate surface area is 264 Å². The molecule has 1 spiro atoms. The van der Waals surface area contributed by atoms with E-state index >= 15 is 0 Å². The number of carbonyl (C=O) groups excluding carboxylic acids is 2. The van der Waals surface area contributed by atoms with E-state index in [4.69, 9.17) is 4.74 Å². The third-order valence-electron chi connectivity index (χ3n) is 10.2. The van der Waals surface area contributed by atoms with Gasteiger partial charge in [0.25, 0.3) is 11.5 Å². The Balaban J connectivity index is 1.39. The highest BCUT2D eigenvalue weighted by Gasteiger charge is 2.48. The fourth-order valence-corrected chi connectivity index (χ4v) is 7.59. The lowest BCUT2D eigenvalue weighted by molar-refractivity contribution is -0.122. The van der Waals surface area contributed by atoms with Gasteiger partial charge in [-0.2, -0.15) is 0 Å². The van der Waals surface area contributed by atoms with Gasteiger partial charge in [-0.1, -0.05) is 12.1 Å². The number of H-pyrrole nitrogens is 1. The summed E-state index contributed by atoms with van der Waals surface area (Å²) < 4.78 is 5.65. The zero-order valence-electron chi connectivity index (χ0n) is 26.7. The van der Waals surface area contributed by atoms with Gasteiger partial charge >= 0.3 is 0 Å². The van der Waals surface area contributed by atoms with Crippen molar-refractivity contribution >= 4 is 23.2 Å². The van der Waals surface area contributed by atoms with Gasteiger partial charge in [-0.3, -0.25) is 14.4 Å². The number of amides is 2. The predicted molar refractivity (Wildman–Crippen MR) is 176 cm³/mol. The van der Waals surface area contributed by atoms with Crippen LogP contribution in [0.4, 0.5) is 11.4 Å². The van der Waals surface area contributed by atoms with Crippen LogP contribution < -0.4 is 21.1 Å². The summed E-state index contributed by atoms with van der Waals surface area (Å²) >= 11 is 0. The number of nitrogens with zero attached hydrogens (tertiary/aromatic N) is 1. The number of rotatable bonds is 7. The molecule has 0 radical (unpaired) electrons. The van der Waals surface area contributed by atoms with Gasteiger partial charge in [0.1, 0.15) is 0 Å². The first-order chi connectivity index (χ1) is 21.6. The lowest BCUT2D eigenvalue weighted by atomic mass is 9.69. The Morgan fingerprint density at radius 2 is 1.76 bits per heavy atom. The van der Waals surface area contributed by atoms with Crippen molar-refractivity contribution in [2.24, 2.45) is 0 Å². The summed E-state index contributed by atoms with van der Waals surface area (Å²) in [5.41, 5.74) is 7.39. The molecule has 1 saturated carbocycles. The van der Waals surface area contributed by atoms with Crippen LogP contribution in [-0.4, -0.2) is 53.8 Å². The lowest BCUT2D eigenvalue weighted by Crippen LogP contribution is -2.40. The molecule has 6 rings (SSSR count). The number of aliphatic hydroxyl groups is 1. The number of hydrogen-bond donors (Lipinski definition) is 4. The number of aromatic nitrogens is 1. The molecule has 238 valence electrons. The number of ether oxygens (including phenoxy) is 1. The minimum atomic E-state index is -0.593. The van der Waals surface area contributed by atoms with Crippen LogP contribution in [0.25, 0.3) is 11.1 Å². The van der Waals surface area contributed by atoms with Crippen LogP contribution in [0.3, 0.4) is 0 Å². The van der Waals surface area contributed by atoms with Crippen LogP contribution in [0.1, 0.15) is 83.8 Å². The van der Waals surface area contributed by atoms with Crippen molar-refractivity contribution < 1.29 is 19.4 Å². The molecule has 2 aliphatic heterocycles. The minimum Gasteiger partial charge on any atom is -0.393 e. The zero-order valence-corrected chi connectivity index (χ0v) is 26.7. The maximum Gasteiger partial charge on any atom is 0.253 e. The number of aryl methyl sites for hydroxylation is 2. The highest BCUT2D eigenvalue weighted by Crippen LogP contribution is 2.48. The molecule has 2 aromatic carbocycles. The summed E-state index contributed by atoms with van der Waals surface area (Å²) in [4.78, 5) is 45.0. The second kappa shape index (κ2) is 12.4. The SMILES string of the molecule is CCN(c1cc(-c2ccc3c(c2)NC(=O)C32CCC(O)CC2)cc(C(=O)NCc2c(C)cc(C)[nH]c2=O)c1C)C1CCOCC1. The summed E-state index contributed by atoms with van der Waals surface area (Å²) in [6, 6.07) is 12.4. The smallest absolute Gasteiger partial charge is 0.253 e. The second-order valence-electron chi connectivity index (χ2n) is 13.0. The summed E-state index contributed by atoms with van der Waals surface area (Å²) in [5.74, 6) is -0.239. The summed E-state index contributed by atoms with van der Waals surface area (Å²) in [6.45, 7) is 10.2. The highest BCUT2D eigenvalue weighted by molar-refractivity contribution is 6.07. The third-order valence-corrected chi connectivity index (χ3v) is 10.2. The van der Waals surface area contributed by atoms with Gasteiger partial charge in [-0.25, -0.2) is 0 Å². The molecule has 2 amide bonds. The molecule has 0 unspecified atom stereocenters. The van der Waals surface area contributed by atoms with Crippen molar-refractivity contribution in [2.75, 3.05) is 30.0 Å². The van der Waals surface area contributed by atoms with Gasteiger partial charge in [-0.05, 0) is 118 Å². The average Bonchev–Trinajstić information content (AvgIpc) is 3.29. The van der Waals surface area contributed by atoms with Gasteiger partial charge in [0, 0.05) is 60.5 Å². The molecular weight excluding hydrogens is 568 g/mol. The van der Waals surface area contributed by atoms with Crippen molar-refractivity contribution in [3.8, 4) is 11.1 Å². The fourth-order valence-electron chi connectivity index (χ4n) is 7.59. The van der Waals surface area contributed by atoms with E-state index < -0.39 is 5.41 Å². The first-order valence-electron chi connectivity index (χ1n) is 16.2. The van der Waals surface area contributed by atoms with Crippen LogP contribution in [0.5, 0.6) is 0 Å². The van der Waals surface area contributed by atoms with Crippen LogP contribution in [0.2, 0.25) is 0 Å². The largest absolute Gasteiger partial charge is 0.393 e. The summed E-state index contributed by atoms with van der Waals surface area (Å²) in [5, 5.41) is 16.2. The van der Waals surface area contributed by atoms with E-state index in [1.165, 1.54) is 0 Å². The number of carbonyl (C=O) groups is 2. The van der Waals surface area contributed by atoms with E-state index in [9.17, 15) is 19.5 Å². The zero-order chi connectivity index (χ0) is 31.9. The number of anilines is 2. The van der Waals surface area contributed by atoms with Crippen LogP contribution in [-0.2, 0) is 21.5 Å². The van der Waals surface area contributed by atoms with E-state index in [1.54, 1.807) is 0 Å². The van der Waals surface area contributed by atoms with Crippen molar-refractivity contribution in [1.29, 1.82) is 0 Å². The molecule has 2 fully saturated rings. The fraction of sp³-hybridized carbons (Fsp3) is 0.472. The molecule has 1 aliphatic carbocycles. The Kier molecular flexibility index (Phi) is 8.59. The van der Waals surface area contributed by atoms with Gasteiger partial charge in [0.15, 0.2) is 0 Å². The van der Waals surface area contributed by atoms with E-state index in [1.807, 2.05) is 51.1 Å². The van der Waals surface area contributed by atoms with Crippen LogP contribution >= 0.6 is 0 Å². The topological polar surface area (TPSA) is 124 Å². The molecule has 0 bridgehead atoms. The lowest BCUT2D eigenvalue weighted by Gasteiger charge is -2.37. The van der Waals surface area contributed by atoms with Crippen LogP contribution in [0, 0.1) is 20.8 Å². The maximum absolute atomic E-state index is 13.9. The van der Waals surface area contributed by atoms with Gasteiger partial charge in [0.2, 0.25) is 5.91 Å². The molecule has 1 aromatic heterocycles. The monoisotopic (exact) mass is 612 g/mol. The Hall–Kier alpha value is -3.95. The molecule has 4 N–H and O–H groups in total. The van der Waals surface area contributed by atoms with E-state index in [2.05, 4.69) is 33.5 Å². The number of hydrogen-bond acceptors (Lipinski definition) is 6. The predicted octanol–water partition coefficient (Wildman–Crippen LogP) is 5.03. The number of benzene rings is 2. The van der Waals surface area contributed by atoms with Crippen molar-refractivity contribution in [3.05, 3.63) is 80.3 Å². The molecule has 9 heteroatoms. The Bertz CT molecular complexity index is 1680. The van der Waals surface area contributed by atoms with E-state index in [-0.39, 0.29) is 30.0 Å². The molecule has 45 heavy (non-hydrogen) atoms. The molecule has 3 aromatic rings. The summed E-state index contributed by atoms with van der Waals surface area (Å²) in [7, 11) is 0. The standard InChI is InChI=1S/C36H44N4O5/c1-5-40(26-10-14-45-15-11-26)32-19-25(17-28(23(32)4)33(42)37-20-29-21(2)16-22(3)38-34(29)43)24-6-7-30-31(18-24)39-35(44)36(30)12-8-27(41)9-13-36/h6-7,16-19,26-27,41H,5,8-15,20H2,1-4H3,(H,37,42)(H,38,43)(H,39,44). The summed E-state index contributed by atoms with van der Waals surface area (Å²) in [6.07, 6.45) is 3.96. The number of fused-ring (bicyclic) bond motifs is 2. The minimum absolute atomic E-state index is 0.00396. The van der Waals surface area contributed by atoms with E-state index in [0.717, 1.165) is 64.3 Å². The van der Waals surface area contributed by atoms with Crippen LogP contribution in [0.15, 0.2) is 41.2 Å². The third kappa shape index (κ3) is 5.79. The number of pyridine rings is 1. The van der Waals surface area contributed by atoms with Crippen molar-refractivity contribution in [2.45, 2.75) is 90.3 Å². The average molecular weight is 613 g/mol. The molecular formula is C36H44N4O5. The Morgan fingerprint density at radius 1 is 1.02 bits per heavy atom. The van der Waals surface area contributed by atoms with Gasteiger partial charge in [-0.15, -0.1) is 0 Å². The quantitative estimate of drug-likeness (QED) is 0.297. The van der Waals surface area contributed by atoms with Gasteiger partial charge < -0.3 is 30.4 Å². The second-order valence-corrected chi connectivity index (χ2v) is 13.0. The normalized spacial score (nSPS) is 21.4. The number of aromatic amines is 1. The first kappa shape index (κ1) is 31.0. The van der Waals surface area contributed by atoms with E-state index in [0.29, 0.717) is 56.1 Å². The molecule has 0 atom stereocenters. The molecule has 3 aliphatic rings. The molecule has 1 saturated heterocycles. The molecule has 3 heterocycles. The first-order valence-corrected chi connectivity index (χ1v) is 16.2. The number of nitrogens with one attached hydrogen (secondary N) is 3. The van der Waals surface area contributed by atoms with Gasteiger partial charge in [0.05, 0.1) is 11.5 Å². The number of aliphatic hydroxyl groups excluding tert-OH is 1. The highest BCUT2D eigenvalue weighted by atomic mass is 16.5. The Morgan fingerprint density at radius 3 is 2.44 bits per heavy atom. The van der Waals surface area contributed by atoms with Crippen molar-refractivity contribution in [3.63, 3.8) is 0 Å². The maximum atomic E-state index is 13.9. The molecule has 9 nitrogen and oxygen atoms in total. The van der Waals surface area contributed by atoms with Crippen molar-refractivity contribution in [1.82, 2.24) is 10.3 Å².